The average Bonchev–Trinajstić information content (AvgIpc) is 2.77. The van der Waals surface area contributed by atoms with Gasteiger partial charge in [-0.1, -0.05) is 65.4 Å². The number of hydrogen-bond acceptors (Lipinski definition) is 3. The van der Waals surface area contributed by atoms with Crippen LogP contribution in [0.3, 0.4) is 0 Å². The molecule has 2 aromatic carbocycles. The van der Waals surface area contributed by atoms with Gasteiger partial charge in [-0.15, -0.1) is 0 Å². The highest BCUT2D eigenvalue weighted by atomic mass is 35.5. The molecule has 2 nitrogen and oxygen atoms in total. The van der Waals surface area contributed by atoms with Crippen LogP contribution in [0.25, 0.3) is 6.08 Å². The van der Waals surface area contributed by atoms with Crippen LogP contribution in [0, 0.1) is 6.92 Å². The number of nitrogens with zero attached hydrogens (tertiary/aromatic N) is 1. The highest BCUT2D eigenvalue weighted by Gasteiger charge is 2.33. The van der Waals surface area contributed by atoms with Crippen LogP contribution >= 0.6 is 47.2 Å². The van der Waals surface area contributed by atoms with E-state index in [2.05, 4.69) is 0 Å². The molecule has 0 atom stereocenters. The summed E-state index contributed by atoms with van der Waals surface area (Å²) in [6, 6.07) is 12.9. The van der Waals surface area contributed by atoms with E-state index < -0.39 is 0 Å². The normalized spacial score (nSPS) is 16.5. The van der Waals surface area contributed by atoms with Crippen molar-refractivity contribution in [2.75, 3.05) is 4.90 Å². The first-order valence-electron chi connectivity index (χ1n) is 6.75. The number of rotatable bonds is 2. The van der Waals surface area contributed by atoms with Gasteiger partial charge in [0.05, 0.1) is 20.6 Å². The lowest BCUT2D eigenvalue weighted by Gasteiger charge is -2.14. The largest absolute Gasteiger partial charge is 0.270 e. The molecule has 0 aliphatic carbocycles. The molecule has 0 aromatic heterocycles. The van der Waals surface area contributed by atoms with Crippen molar-refractivity contribution in [3.63, 3.8) is 0 Å². The van der Waals surface area contributed by atoms with Gasteiger partial charge in [0.1, 0.15) is 0 Å². The molecule has 1 saturated heterocycles. The molecule has 1 aliphatic heterocycles. The minimum Gasteiger partial charge on any atom is -0.268 e. The van der Waals surface area contributed by atoms with Gasteiger partial charge in [0.2, 0.25) is 0 Å². The summed E-state index contributed by atoms with van der Waals surface area (Å²) in [6.07, 6.45) is 1.78. The average molecular weight is 380 g/mol. The summed E-state index contributed by atoms with van der Waals surface area (Å²) in [4.78, 5) is 14.8. The monoisotopic (exact) mass is 379 g/mol. The Kier molecular flexibility index (Phi) is 4.78. The van der Waals surface area contributed by atoms with E-state index in [0.717, 1.165) is 16.8 Å². The molecule has 0 bridgehead atoms. The zero-order chi connectivity index (χ0) is 16.6. The minimum atomic E-state index is -0.128. The highest BCUT2D eigenvalue weighted by Crippen LogP contribution is 2.36. The third-order valence-electron chi connectivity index (χ3n) is 3.29. The lowest BCUT2D eigenvalue weighted by Crippen LogP contribution is -2.27. The van der Waals surface area contributed by atoms with Crippen LogP contribution in [-0.4, -0.2) is 10.2 Å². The molecule has 0 unspecified atom stereocenters. The van der Waals surface area contributed by atoms with Crippen LogP contribution in [0.5, 0.6) is 0 Å². The number of carbonyl (C=O) groups excluding carboxylic acids is 1. The van der Waals surface area contributed by atoms with Crippen molar-refractivity contribution in [1.82, 2.24) is 0 Å². The van der Waals surface area contributed by atoms with E-state index in [1.165, 1.54) is 11.8 Å². The summed E-state index contributed by atoms with van der Waals surface area (Å²) in [6.45, 7) is 1.98. The first-order chi connectivity index (χ1) is 11.0. The van der Waals surface area contributed by atoms with Crippen molar-refractivity contribution in [1.29, 1.82) is 0 Å². The van der Waals surface area contributed by atoms with Gasteiger partial charge in [-0.3, -0.25) is 9.69 Å². The Balaban J connectivity index is 1.94. The Labute approximate surface area is 154 Å². The van der Waals surface area contributed by atoms with Crippen molar-refractivity contribution in [3.05, 3.63) is 68.5 Å². The van der Waals surface area contributed by atoms with E-state index in [9.17, 15) is 4.79 Å². The quantitative estimate of drug-likeness (QED) is 0.492. The minimum absolute atomic E-state index is 0.128. The fourth-order valence-electron chi connectivity index (χ4n) is 2.21. The number of anilines is 1. The topological polar surface area (TPSA) is 20.3 Å². The van der Waals surface area contributed by atoms with Gasteiger partial charge < -0.3 is 0 Å². The van der Waals surface area contributed by atoms with Crippen LogP contribution in [0.2, 0.25) is 10.0 Å². The summed E-state index contributed by atoms with van der Waals surface area (Å²) < 4.78 is 0.520. The fraction of sp³-hybridized carbons (Fsp3) is 0.0588. The molecule has 1 fully saturated rings. The van der Waals surface area contributed by atoms with Crippen LogP contribution in [-0.2, 0) is 4.79 Å². The number of carbonyl (C=O) groups is 1. The van der Waals surface area contributed by atoms with Crippen molar-refractivity contribution < 1.29 is 4.79 Å². The molecular formula is C17H11Cl2NOS2. The van der Waals surface area contributed by atoms with Gasteiger partial charge in [-0.05, 0) is 48.4 Å². The van der Waals surface area contributed by atoms with Crippen LogP contribution < -0.4 is 4.90 Å². The standard InChI is InChI=1S/C17H11Cl2NOS2/c1-10-3-2-4-12(7-10)20-16(21)15(23-17(20)22)9-11-5-6-13(18)14(19)8-11/h2-9H,1H3. The van der Waals surface area contributed by atoms with Gasteiger partial charge in [0.25, 0.3) is 5.91 Å². The number of hydrogen-bond donors (Lipinski definition) is 0. The number of thiocarbonyl (C=S) groups is 1. The number of aryl methyl sites for hydroxylation is 1. The van der Waals surface area contributed by atoms with Crippen molar-refractivity contribution in [2.45, 2.75) is 6.92 Å². The third kappa shape index (κ3) is 3.45. The van der Waals surface area contributed by atoms with Gasteiger partial charge in [0.15, 0.2) is 4.32 Å². The van der Waals surface area contributed by atoms with Gasteiger partial charge in [-0.25, -0.2) is 0 Å². The van der Waals surface area contributed by atoms with Gasteiger partial charge >= 0.3 is 0 Å². The van der Waals surface area contributed by atoms with E-state index in [0.29, 0.717) is 19.3 Å². The second-order valence-electron chi connectivity index (χ2n) is 5.03. The van der Waals surface area contributed by atoms with Gasteiger partial charge in [0, 0.05) is 0 Å². The summed E-state index contributed by atoms with van der Waals surface area (Å²) in [5.74, 6) is -0.128. The summed E-state index contributed by atoms with van der Waals surface area (Å²) in [7, 11) is 0. The Morgan fingerprint density at radius 2 is 1.91 bits per heavy atom. The van der Waals surface area contributed by atoms with E-state index in [4.69, 9.17) is 35.4 Å². The van der Waals surface area contributed by atoms with Crippen LogP contribution in [0.1, 0.15) is 11.1 Å². The van der Waals surface area contributed by atoms with E-state index in [1.807, 2.05) is 37.3 Å². The van der Waals surface area contributed by atoms with Crippen molar-refractivity contribution >= 4 is 69.2 Å². The Hall–Kier alpha value is -1.33. The van der Waals surface area contributed by atoms with E-state index in [-0.39, 0.29) is 5.91 Å². The SMILES string of the molecule is Cc1cccc(N2C(=O)C(=Cc3ccc(Cl)c(Cl)c3)SC2=S)c1. The summed E-state index contributed by atoms with van der Waals surface area (Å²) in [5.41, 5.74) is 2.67. The molecule has 0 spiro atoms. The molecule has 0 saturated carbocycles. The second kappa shape index (κ2) is 6.65. The van der Waals surface area contributed by atoms with Crippen LogP contribution in [0.15, 0.2) is 47.4 Å². The molecule has 1 amide bonds. The maximum absolute atomic E-state index is 12.7. The number of halogens is 2. The third-order valence-corrected chi connectivity index (χ3v) is 5.34. The maximum Gasteiger partial charge on any atom is 0.270 e. The number of benzene rings is 2. The number of thioether (sulfide) groups is 1. The predicted molar refractivity (Wildman–Crippen MR) is 103 cm³/mol. The predicted octanol–water partition coefficient (Wildman–Crippen LogP) is 5.71. The summed E-state index contributed by atoms with van der Waals surface area (Å²) in [5, 5.41) is 0.936. The Morgan fingerprint density at radius 3 is 2.61 bits per heavy atom. The van der Waals surface area contributed by atoms with Crippen LogP contribution in [0.4, 0.5) is 5.69 Å². The highest BCUT2D eigenvalue weighted by molar-refractivity contribution is 8.27. The first kappa shape index (κ1) is 16.5. The molecule has 0 radical (unpaired) electrons. The molecule has 3 rings (SSSR count). The molecule has 2 aromatic rings. The number of amides is 1. The zero-order valence-corrected chi connectivity index (χ0v) is 15.2. The second-order valence-corrected chi connectivity index (χ2v) is 7.52. The first-order valence-corrected chi connectivity index (χ1v) is 8.73. The Morgan fingerprint density at radius 1 is 1.13 bits per heavy atom. The van der Waals surface area contributed by atoms with E-state index in [1.54, 1.807) is 23.1 Å². The molecule has 1 heterocycles. The maximum atomic E-state index is 12.7. The molecule has 116 valence electrons. The van der Waals surface area contributed by atoms with Crippen molar-refractivity contribution in [2.24, 2.45) is 0 Å². The fourth-order valence-corrected chi connectivity index (χ4v) is 3.82. The molecule has 1 aliphatic rings. The molecule has 0 N–H and O–H groups in total. The molecule has 6 heteroatoms. The summed E-state index contributed by atoms with van der Waals surface area (Å²) >= 11 is 18.6. The van der Waals surface area contributed by atoms with E-state index >= 15 is 0 Å². The lowest BCUT2D eigenvalue weighted by molar-refractivity contribution is -0.113. The smallest absolute Gasteiger partial charge is 0.268 e. The Bertz CT molecular complexity index is 848. The lowest BCUT2D eigenvalue weighted by atomic mass is 10.2. The zero-order valence-electron chi connectivity index (χ0n) is 12.0. The molecular weight excluding hydrogens is 369 g/mol. The van der Waals surface area contributed by atoms with Gasteiger partial charge in [-0.2, -0.15) is 0 Å². The molecule has 23 heavy (non-hydrogen) atoms. The van der Waals surface area contributed by atoms with Crippen molar-refractivity contribution in [3.8, 4) is 0 Å².